The zero-order valence-electron chi connectivity index (χ0n) is 28.5. The summed E-state index contributed by atoms with van der Waals surface area (Å²) >= 11 is 0. The molecule has 0 atom stereocenters. The predicted molar refractivity (Wildman–Crippen MR) is 213 cm³/mol. The quantitative estimate of drug-likeness (QED) is 0.0501. The van der Waals surface area contributed by atoms with E-state index < -0.39 is 46.0 Å². The van der Waals surface area contributed by atoms with Crippen molar-refractivity contribution in [2.45, 2.75) is 0 Å². The monoisotopic (exact) mass is 724 g/mol. The number of phenolic OH excluding ortho intramolecular Hbond substituents is 8. The first-order chi connectivity index (χ1) is 26.7. The molecule has 9 heteroatoms. The maximum atomic E-state index is 11.8. The minimum atomic E-state index is -1.04. The van der Waals surface area contributed by atoms with Crippen molar-refractivity contribution < 1.29 is 45.3 Å². The first-order valence-electron chi connectivity index (χ1n) is 17.3. The number of furan rings is 1. The number of aromatic hydroxyl groups is 8. The Hall–Kier alpha value is -7.78. The molecule has 9 nitrogen and oxygen atoms in total. The number of rotatable bonds is 3. The van der Waals surface area contributed by atoms with E-state index in [2.05, 4.69) is 0 Å². The maximum absolute atomic E-state index is 11.8. The van der Waals surface area contributed by atoms with Crippen LogP contribution in [0.2, 0.25) is 0 Å². The summed E-state index contributed by atoms with van der Waals surface area (Å²) in [4.78, 5) is 0. The Balaban J connectivity index is 1.43. The molecular weight excluding hydrogens is 696 g/mol. The van der Waals surface area contributed by atoms with Crippen molar-refractivity contribution in [3.8, 4) is 79.4 Å². The van der Waals surface area contributed by atoms with E-state index in [9.17, 15) is 40.9 Å². The highest BCUT2D eigenvalue weighted by Crippen LogP contribution is 2.62. The number of hydrogen-bond donors (Lipinski definition) is 8. The largest absolute Gasteiger partial charge is 0.504 e. The zero-order chi connectivity index (χ0) is 37.9. The normalized spacial score (nSPS) is 11.9. The summed E-state index contributed by atoms with van der Waals surface area (Å²) in [5, 5.41) is 95.3. The number of fused-ring (bicyclic) bond motifs is 9. The molecule has 0 radical (unpaired) electrons. The molecule has 266 valence electrons. The van der Waals surface area contributed by atoms with Crippen LogP contribution in [0.3, 0.4) is 0 Å². The second kappa shape index (κ2) is 11.4. The SMILES string of the molecule is Oc1c(O)c(O)c2c(-c3cc4oc5ccc6ccccc6c5c4c4ccccc34)c3c(O)c(O)c(O)c(O)c3c(-c3ccc(-c4ccccc4)cc3)c2c1O. The molecule has 0 aliphatic carbocycles. The van der Waals surface area contributed by atoms with Gasteiger partial charge >= 0.3 is 0 Å². The van der Waals surface area contributed by atoms with Gasteiger partial charge in [-0.15, -0.1) is 0 Å². The summed E-state index contributed by atoms with van der Waals surface area (Å²) in [6, 6.07) is 37.3. The minimum absolute atomic E-state index is 0.0276. The van der Waals surface area contributed by atoms with Crippen LogP contribution in [0.1, 0.15) is 0 Å². The predicted octanol–water partition coefficient (Wildman–Crippen LogP) is 10.8. The lowest BCUT2D eigenvalue weighted by Gasteiger charge is -2.23. The van der Waals surface area contributed by atoms with Crippen LogP contribution in [0.4, 0.5) is 0 Å². The van der Waals surface area contributed by atoms with Crippen molar-refractivity contribution >= 4 is 65.0 Å². The van der Waals surface area contributed by atoms with Gasteiger partial charge in [-0.05, 0) is 55.9 Å². The fourth-order valence-corrected chi connectivity index (χ4v) is 8.25. The summed E-state index contributed by atoms with van der Waals surface area (Å²) < 4.78 is 6.49. The highest BCUT2D eigenvalue weighted by atomic mass is 16.4. The Kier molecular flexibility index (Phi) is 6.59. The Bertz CT molecular complexity index is 3190. The van der Waals surface area contributed by atoms with E-state index in [1.807, 2.05) is 84.9 Å². The maximum Gasteiger partial charge on any atom is 0.204 e. The number of hydrogen-bond acceptors (Lipinski definition) is 9. The van der Waals surface area contributed by atoms with Gasteiger partial charge < -0.3 is 45.3 Å². The van der Waals surface area contributed by atoms with Crippen molar-refractivity contribution in [1.29, 1.82) is 0 Å². The van der Waals surface area contributed by atoms with Gasteiger partial charge in [-0.2, -0.15) is 0 Å². The van der Waals surface area contributed by atoms with Gasteiger partial charge in [-0.1, -0.05) is 109 Å². The molecule has 0 amide bonds. The highest BCUT2D eigenvalue weighted by molar-refractivity contribution is 6.33. The molecule has 0 saturated heterocycles. The van der Waals surface area contributed by atoms with E-state index in [4.69, 9.17) is 4.42 Å². The molecule has 0 bridgehead atoms. The second-order valence-electron chi connectivity index (χ2n) is 13.6. The van der Waals surface area contributed by atoms with Gasteiger partial charge in [0.15, 0.2) is 23.0 Å². The van der Waals surface area contributed by atoms with E-state index in [0.29, 0.717) is 33.1 Å². The molecule has 0 aliphatic heterocycles. The van der Waals surface area contributed by atoms with Crippen molar-refractivity contribution in [2.75, 3.05) is 0 Å². The molecule has 8 N–H and O–H groups in total. The molecule has 1 aromatic heterocycles. The van der Waals surface area contributed by atoms with Crippen LogP contribution in [0, 0.1) is 0 Å². The van der Waals surface area contributed by atoms with Crippen molar-refractivity contribution in [2.24, 2.45) is 0 Å². The average Bonchev–Trinajstić information content (AvgIpc) is 3.62. The fraction of sp³-hybridized carbons (Fsp3) is 0. The van der Waals surface area contributed by atoms with Crippen LogP contribution in [0.15, 0.2) is 126 Å². The van der Waals surface area contributed by atoms with Crippen LogP contribution < -0.4 is 0 Å². The molecule has 0 aliphatic rings. The van der Waals surface area contributed by atoms with E-state index in [0.717, 1.165) is 32.7 Å². The van der Waals surface area contributed by atoms with Gasteiger partial charge in [0.2, 0.25) is 23.0 Å². The lowest BCUT2D eigenvalue weighted by atomic mass is 9.82. The molecule has 0 spiro atoms. The van der Waals surface area contributed by atoms with Gasteiger partial charge in [0.05, 0.1) is 0 Å². The Morgan fingerprint density at radius 1 is 0.309 bits per heavy atom. The summed E-state index contributed by atoms with van der Waals surface area (Å²) in [5.41, 5.74) is 3.30. The van der Waals surface area contributed by atoms with Crippen LogP contribution in [-0.4, -0.2) is 40.9 Å². The van der Waals surface area contributed by atoms with Gasteiger partial charge in [0.1, 0.15) is 11.2 Å². The highest BCUT2D eigenvalue weighted by Gasteiger charge is 2.33. The van der Waals surface area contributed by atoms with E-state index in [-0.39, 0.29) is 32.7 Å². The molecule has 0 fully saturated rings. The lowest BCUT2D eigenvalue weighted by molar-refractivity contribution is 0.350. The summed E-state index contributed by atoms with van der Waals surface area (Å²) in [6.07, 6.45) is 0. The molecule has 0 saturated carbocycles. The van der Waals surface area contributed by atoms with Crippen LogP contribution in [-0.2, 0) is 0 Å². The Morgan fingerprint density at radius 3 is 1.36 bits per heavy atom. The van der Waals surface area contributed by atoms with Gasteiger partial charge in [-0.25, -0.2) is 0 Å². The lowest BCUT2D eigenvalue weighted by Crippen LogP contribution is -1.95. The first-order valence-corrected chi connectivity index (χ1v) is 17.3. The molecule has 55 heavy (non-hydrogen) atoms. The van der Waals surface area contributed by atoms with E-state index in [1.54, 1.807) is 36.4 Å². The first kappa shape index (κ1) is 31.9. The van der Waals surface area contributed by atoms with E-state index >= 15 is 0 Å². The van der Waals surface area contributed by atoms with Gasteiger partial charge in [0, 0.05) is 43.4 Å². The van der Waals surface area contributed by atoms with Crippen molar-refractivity contribution in [3.05, 3.63) is 121 Å². The van der Waals surface area contributed by atoms with Crippen LogP contribution in [0.25, 0.3) is 98.4 Å². The summed E-state index contributed by atoms with van der Waals surface area (Å²) in [7, 11) is 0. The number of phenols is 8. The summed E-state index contributed by atoms with van der Waals surface area (Å²) in [6.45, 7) is 0. The number of benzene rings is 9. The molecule has 1 heterocycles. The standard InChI is InChI=1S/C46H28O9/c47-39-35-31(24-16-14-22(15-17-24)21-8-2-1-3-9-21)36-38(42(50)46(54)44(52)40(36)48)34(37(35)41(49)45(53)43(39)51)28-20-30-33(27-13-7-6-12-26(27)28)32-25-11-5-4-10-23(25)18-19-29(32)55-30/h1-20,47-54H. The smallest absolute Gasteiger partial charge is 0.204 e. The average molecular weight is 725 g/mol. The third-order valence-corrected chi connectivity index (χ3v) is 10.7. The fourth-order valence-electron chi connectivity index (χ4n) is 8.25. The molecular formula is C46H28O9. The molecule has 9 aromatic carbocycles. The van der Waals surface area contributed by atoms with Crippen molar-refractivity contribution in [1.82, 2.24) is 0 Å². The minimum Gasteiger partial charge on any atom is -0.504 e. The zero-order valence-corrected chi connectivity index (χ0v) is 28.5. The third kappa shape index (κ3) is 4.29. The van der Waals surface area contributed by atoms with Crippen LogP contribution in [0.5, 0.6) is 46.0 Å². The van der Waals surface area contributed by atoms with Gasteiger partial charge in [0.25, 0.3) is 0 Å². The third-order valence-electron chi connectivity index (χ3n) is 10.7. The summed E-state index contributed by atoms with van der Waals surface area (Å²) in [5.74, 6) is -7.54. The molecule has 0 unspecified atom stereocenters. The second-order valence-corrected chi connectivity index (χ2v) is 13.6. The topological polar surface area (TPSA) is 175 Å². The van der Waals surface area contributed by atoms with E-state index in [1.165, 1.54) is 0 Å². The Labute approximate surface area is 310 Å². The van der Waals surface area contributed by atoms with Crippen LogP contribution >= 0.6 is 0 Å². The molecule has 10 aromatic rings. The Morgan fingerprint density at radius 2 is 0.764 bits per heavy atom. The van der Waals surface area contributed by atoms with Gasteiger partial charge in [-0.3, -0.25) is 0 Å². The van der Waals surface area contributed by atoms with Crippen molar-refractivity contribution in [3.63, 3.8) is 0 Å². The molecule has 10 rings (SSSR count).